The normalized spacial score (nSPS) is 27.4. The van der Waals surface area contributed by atoms with Gasteiger partial charge in [0.25, 0.3) is 0 Å². The second kappa shape index (κ2) is 5.57. The Morgan fingerprint density at radius 1 is 1.47 bits per heavy atom. The van der Waals surface area contributed by atoms with Crippen molar-refractivity contribution in [3.8, 4) is 0 Å². The molecule has 5 heteroatoms. The highest BCUT2D eigenvalue weighted by Crippen LogP contribution is 2.21. The molecule has 2 N–H and O–H groups in total. The molecule has 0 radical (unpaired) electrons. The van der Waals surface area contributed by atoms with E-state index in [1.165, 1.54) is 12.8 Å². The molecule has 3 rings (SSSR count). The van der Waals surface area contributed by atoms with Crippen LogP contribution in [0.3, 0.4) is 0 Å². The number of urea groups is 1. The predicted octanol–water partition coefficient (Wildman–Crippen LogP) is 1.15. The molecule has 2 fully saturated rings. The van der Waals surface area contributed by atoms with Crippen molar-refractivity contribution in [2.75, 3.05) is 26.2 Å². The van der Waals surface area contributed by atoms with Crippen LogP contribution in [0.25, 0.3) is 0 Å². The SMILES string of the molecule is O=C1NC(c2cccnc2)CN1CC1CCCNC1. The van der Waals surface area contributed by atoms with Crippen LogP contribution >= 0.6 is 0 Å². The first-order valence-electron chi connectivity index (χ1n) is 6.99. The van der Waals surface area contributed by atoms with Crippen molar-refractivity contribution in [1.29, 1.82) is 0 Å². The highest BCUT2D eigenvalue weighted by atomic mass is 16.2. The van der Waals surface area contributed by atoms with Gasteiger partial charge in [-0.25, -0.2) is 4.79 Å². The topological polar surface area (TPSA) is 57.3 Å². The van der Waals surface area contributed by atoms with Gasteiger partial charge in [-0.1, -0.05) is 6.07 Å². The molecule has 0 aliphatic carbocycles. The minimum Gasteiger partial charge on any atom is -0.329 e. The summed E-state index contributed by atoms with van der Waals surface area (Å²) in [6.07, 6.45) is 6.02. The first-order chi connectivity index (χ1) is 9.33. The van der Waals surface area contributed by atoms with Crippen LogP contribution in [0.2, 0.25) is 0 Å². The number of carbonyl (C=O) groups excluding carboxylic acids is 1. The lowest BCUT2D eigenvalue weighted by Gasteiger charge is -2.26. The largest absolute Gasteiger partial charge is 0.329 e. The summed E-state index contributed by atoms with van der Waals surface area (Å²) in [7, 11) is 0. The molecular weight excluding hydrogens is 240 g/mol. The number of piperidine rings is 1. The van der Waals surface area contributed by atoms with Gasteiger partial charge in [-0.3, -0.25) is 4.98 Å². The van der Waals surface area contributed by atoms with Crippen molar-refractivity contribution in [3.63, 3.8) is 0 Å². The van der Waals surface area contributed by atoms with Crippen molar-refractivity contribution >= 4 is 6.03 Å². The number of carbonyl (C=O) groups is 1. The summed E-state index contributed by atoms with van der Waals surface area (Å²) in [5, 5.41) is 6.43. The van der Waals surface area contributed by atoms with E-state index < -0.39 is 0 Å². The minimum atomic E-state index is 0.0550. The van der Waals surface area contributed by atoms with Crippen LogP contribution in [0, 0.1) is 5.92 Å². The summed E-state index contributed by atoms with van der Waals surface area (Å²) in [6.45, 7) is 3.75. The van der Waals surface area contributed by atoms with Crippen LogP contribution in [0.1, 0.15) is 24.4 Å². The molecule has 2 saturated heterocycles. The molecule has 3 heterocycles. The number of nitrogens with zero attached hydrogens (tertiary/aromatic N) is 2. The third-order valence-electron chi connectivity index (χ3n) is 3.95. The van der Waals surface area contributed by atoms with E-state index in [-0.39, 0.29) is 12.1 Å². The van der Waals surface area contributed by atoms with Gasteiger partial charge < -0.3 is 15.5 Å². The fourth-order valence-electron chi connectivity index (χ4n) is 2.91. The minimum absolute atomic E-state index is 0.0550. The molecule has 102 valence electrons. The van der Waals surface area contributed by atoms with Crippen LogP contribution < -0.4 is 10.6 Å². The highest BCUT2D eigenvalue weighted by Gasteiger charge is 2.31. The van der Waals surface area contributed by atoms with Gasteiger partial charge in [0.05, 0.1) is 6.04 Å². The Morgan fingerprint density at radius 2 is 2.42 bits per heavy atom. The zero-order valence-electron chi connectivity index (χ0n) is 11.0. The quantitative estimate of drug-likeness (QED) is 0.857. The number of nitrogens with one attached hydrogen (secondary N) is 2. The average molecular weight is 260 g/mol. The van der Waals surface area contributed by atoms with Crippen LogP contribution in [0.15, 0.2) is 24.5 Å². The molecular formula is C14H20N4O. The van der Waals surface area contributed by atoms with Crippen molar-refractivity contribution in [3.05, 3.63) is 30.1 Å². The van der Waals surface area contributed by atoms with E-state index in [4.69, 9.17) is 0 Å². The zero-order chi connectivity index (χ0) is 13.1. The highest BCUT2D eigenvalue weighted by molar-refractivity contribution is 5.77. The number of amides is 2. The molecule has 2 unspecified atom stereocenters. The lowest BCUT2D eigenvalue weighted by atomic mass is 9.99. The number of pyridine rings is 1. The zero-order valence-corrected chi connectivity index (χ0v) is 11.0. The summed E-state index contributed by atoms with van der Waals surface area (Å²) in [4.78, 5) is 18.1. The molecule has 0 aromatic carbocycles. The molecule has 1 aromatic heterocycles. The van der Waals surface area contributed by atoms with Crippen molar-refractivity contribution in [2.24, 2.45) is 5.92 Å². The molecule has 0 saturated carbocycles. The summed E-state index contributed by atoms with van der Waals surface area (Å²) in [5.41, 5.74) is 1.08. The Hall–Kier alpha value is -1.62. The third kappa shape index (κ3) is 2.87. The van der Waals surface area contributed by atoms with E-state index >= 15 is 0 Å². The van der Waals surface area contributed by atoms with Gasteiger partial charge in [0.2, 0.25) is 0 Å². The summed E-state index contributed by atoms with van der Waals surface area (Å²) < 4.78 is 0. The molecule has 0 spiro atoms. The van der Waals surface area contributed by atoms with Crippen LogP contribution in [-0.4, -0.2) is 42.1 Å². The Balaban J connectivity index is 1.60. The molecule has 19 heavy (non-hydrogen) atoms. The van der Waals surface area contributed by atoms with E-state index in [9.17, 15) is 4.79 Å². The second-order valence-corrected chi connectivity index (χ2v) is 5.41. The van der Waals surface area contributed by atoms with E-state index in [1.807, 2.05) is 23.2 Å². The van der Waals surface area contributed by atoms with Gasteiger partial charge in [0, 0.05) is 25.5 Å². The van der Waals surface area contributed by atoms with Gasteiger partial charge in [-0.15, -0.1) is 0 Å². The maximum Gasteiger partial charge on any atom is 0.318 e. The first kappa shape index (κ1) is 12.4. The Bertz CT molecular complexity index is 430. The molecule has 0 bridgehead atoms. The van der Waals surface area contributed by atoms with E-state index in [0.717, 1.165) is 31.7 Å². The monoisotopic (exact) mass is 260 g/mol. The number of hydrogen-bond acceptors (Lipinski definition) is 3. The first-order valence-corrected chi connectivity index (χ1v) is 6.99. The standard InChI is InChI=1S/C14H20N4O/c19-14-17-13(12-4-2-6-16-8-12)10-18(14)9-11-3-1-5-15-7-11/h2,4,6,8,11,13,15H,1,3,5,7,9-10H2,(H,17,19). The Kier molecular flexibility index (Phi) is 3.64. The van der Waals surface area contributed by atoms with Crippen LogP contribution in [-0.2, 0) is 0 Å². The molecule has 2 amide bonds. The summed E-state index contributed by atoms with van der Waals surface area (Å²) in [6, 6.07) is 4.07. The lowest BCUT2D eigenvalue weighted by molar-refractivity contribution is 0.202. The van der Waals surface area contributed by atoms with Gasteiger partial charge in [-0.2, -0.15) is 0 Å². The maximum absolute atomic E-state index is 12.0. The second-order valence-electron chi connectivity index (χ2n) is 5.41. The fourth-order valence-corrected chi connectivity index (χ4v) is 2.91. The van der Waals surface area contributed by atoms with E-state index in [2.05, 4.69) is 15.6 Å². The number of hydrogen-bond donors (Lipinski definition) is 2. The van der Waals surface area contributed by atoms with E-state index in [1.54, 1.807) is 6.20 Å². The number of aromatic nitrogens is 1. The van der Waals surface area contributed by atoms with Crippen molar-refractivity contribution in [2.45, 2.75) is 18.9 Å². The average Bonchev–Trinajstić information content (AvgIpc) is 2.82. The molecule has 2 aliphatic heterocycles. The van der Waals surface area contributed by atoms with Crippen LogP contribution in [0.4, 0.5) is 4.79 Å². The Labute approximate surface area is 113 Å². The van der Waals surface area contributed by atoms with Crippen molar-refractivity contribution in [1.82, 2.24) is 20.5 Å². The third-order valence-corrected chi connectivity index (χ3v) is 3.95. The van der Waals surface area contributed by atoms with Gasteiger partial charge >= 0.3 is 6.03 Å². The molecule has 1 aromatic rings. The number of rotatable bonds is 3. The Morgan fingerprint density at radius 3 is 3.16 bits per heavy atom. The van der Waals surface area contributed by atoms with Crippen molar-refractivity contribution < 1.29 is 4.79 Å². The summed E-state index contributed by atoms with van der Waals surface area (Å²) in [5.74, 6) is 0.590. The molecule has 5 nitrogen and oxygen atoms in total. The maximum atomic E-state index is 12.0. The fraction of sp³-hybridized carbons (Fsp3) is 0.571. The van der Waals surface area contributed by atoms with Gasteiger partial charge in [0.1, 0.15) is 0 Å². The predicted molar refractivity (Wildman–Crippen MR) is 72.7 cm³/mol. The molecule has 2 atom stereocenters. The van der Waals surface area contributed by atoms with Gasteiger partial charge in [0.15, 0.2) is 0 Å². The van der Waals surface area contributed by atoms with Crippen LogP contribution in [0.5, 0.6) is 0 Å². The smallest absolute Gasteiger partial charge is 0.318 e. The lowest BCUT2D eigenvalue weighted by Crippen LogP contribution is -2.39. The van der Waals surface area contributed by atoms with E-state index in [0.29, 0.717) is 5.92 Å². The summed E-state index contributed by atoms with van der Waals surface area (Å²) >= 11 is 0. The molecule has 2 aliphatic rings. The van der Waals surface area contributed by atoms with Gasteiger partial charge in [-0.05, 0) is 43.5 Å².